The van der Waals surface area contributed by atoms with Gasteiger partial charge >= 0.3 is 5.97 Å². The molecule has 1 aromatic heterocycles. The SMILES string of the molecule is O=C(COC(=O)c1c2c(nc3ccccc13)CCCC2)NC1CCCCC1. The van der Waals surface area contributed by atoms with Crippen molar-refractivity contribution < 1.29 is 14.3 Å². The van der Waals surface area contributed by atoms with E-state index in [1.807, 2.05) is 24.3 Å². The van der Waals surface area contributed by atoms with Gasteiger partial charge in [-0.05, 0) is 50.2 Å². The normalized spacial score (nSPS) is 17.3. The first kappa shape index (κ1) is 18.0. The van der Waals surface area contributed by atoms with Crippen LogP contribution in [0.2, 0.25) is 0 Å². The summed E-state index contributed by atoms with van der Waals surface area (Å²) in [4.78, 5) is 29.8. The Bertz CT molecular complexity index is 856. The van der Waals surface area contributed by atoms with Crippen LogP contribution in [0.5, 0.6) is 0 Å². The molecule has 1 N–H and O–H groups in total. The van der Waals surface area contributed by atoms with Crippen LogP contribution in [0.4, 0.5) is 0 Å². The van der Waals surface area contributed by atoms with E-state index in [1.165, 1.54) is 6.42 Å². The molecule has 0 radical (unpaired) electrons. The molecule has 2 aromatic rings. The monoisotopic (exact) mass is 366 g/mol. The van der Waals surface area contributed by atoms with E-state index in [0.717, 1.165) is 73.5 Å². The summed E-state index contributed by atoms with van der Waals surface area (Å²) in [5, 5.41) is 3.81. The number of carbonyl (C=O) groups is 2. The van der Waals surface area contributed by atoms with Crippen molar-refractivity contribution in [2.75, 3.05) is 6.61 Å². The summed E-state index contributed by atoms with van der Waals surface area (Å²) < 4.78 is 5.43. The van der Waals surface area contributed by atoms with E-state index in [-0.39, 0.29) is 18.6 Å². The standard InChI is InChI=1S/C22H26N2O3/c25-20(23-15-8-2-1-3-9-15)14-27-22(26)21-16-10-4-6-12-18(16)24-19-13-7-5-11-17(19)21/h4,6,10,12,15H,1-3,5,7-9,11,13-14H2,(H,23,25). The summed E-state index contributed by atoms with van der Waals surface area (Å²) in [5.41, 5.74) is 3.41. The van der Waals surface area contributed by atoms with E-state index in [1.54, 1.807) is 0 Å². The second-order valence-electron chi connectivity index (χ2n) is 7.61. The molecule has 0 spiro atoms. The van der Waals surface area contributed by atoms with Gasteiger partial charge in [-0.2, -0.15) is 0 Å². The Morgan fingerprint density at radius 1 is 1.04 bits per heavy atom. The Kier molecular flexibility index (Phi) is 5.37. The van der Waals surface area contributed by atoms with E-state index < -0.39 is 5.97 Å². The molecular weight excluding hydrogens is 340 g/mol. The lowest BCUT2D eigenvalue weighted by Gasteiger charge is -2.23. The van der Waals surface area contributed by atoms with Crippen molar-refractivity contribution in [1.29, 1.82) is 0 Å². The number of nitrogens with zero attached hydrogens (tertiary/aromatic N) is 1. The molecule has 0 unspecified atom stereocenters. The Hall–Kier alpha value is -2.43. The average molecular weight is 366 g/mol. The largest absolute Gasteiger partial charge is 0.452 e. The molecule has 1 saturated carbocycles. The van der Waals surface area contributed by atoms with Crippen molar-refractivity contribution in [1.82, 2.24) is 10.3 Å². The van der Waals surface area contributed by atoms with Crippen molar-refractivity contribution in [3.63, 3.8) is 0 Å². The van der Waals surface area contributed by atoms with Gasteiger partial charge in [0.2, 0.25) is 0 Å². The predicted octanol–water partition coefficient (Wildman–Crippen LogP) is 3.72. The zero-order chi connectivity index (χ0) is 18.6. The summed E-state index contributed by atoms with van der Waals surface area (Å²) in [6, 6.07) is 7.90. The molecule has 0 bridgehead atoms. The van der Waals surface area contributed by atoms with Gasteiger partial charge in [-0.1, -0.05) is 37.5 Å². The van der Waals surface area contributed by atoms with E-state index in [9.17, 15) is 9.59 Å². The fourth-order valence-corrected chi connectivity index (χ4v) is 4.33. The predicted molar refractivity (Wildman–Crippen MR) is 104 cm³/mol. The summed E-state index contributed by atoms with van der Waals surface area (Å²) in [6.45, 7) is -0.221. The van der Waals surface area contributed by atoms with Crippen LogP contribution >= 0.6 is 0 Å². The van der Waals surface area contributed by atoms with Crippen molar-refractivity contribution >= 4 is 22.8 Å². The van der Waals surface area contributed by atoms with Crippen LogP contribution in [0.1, 0.15) is 66.6 Å². The van der Waals surface area contributed by atoms with Crippen LogP contribution in [-0.4, -0.2) is 29.5 Å². The molecule has 1 aromatic carbocycles. The van der Waals surface area contributed by atoms with Crippen molar-refractivity contribution in [3.8, 4) is 0 Å². The number of aryl methyl sites for hydroxylation is 1. The molecule has 2 aliphatic rings. The number of pyridine rings is 1. The number of rotatable bonds is 4. The smallest absolute Gasteiger partial charge is 0.339 e. The zero-order valence-corrected chi connectivity index (χ0v) is 15.6. The number of hydrogen-bond donors (Lipinski definition) is 1. The van der Waals surface area contributed by atoms with Gasteiger partial charge in [0.15, 0.2) is 6.61 Å². The highest BCUT2D eigenvalue weighted by molar-refractivity contribution is 6.05. The summed E-state index contributed by atoms with van der Waals surface area (Å²) in [6.07, 6.45) is 9.45. The Balaban J connectivity index is 1.51. The van der Waals surface area contributed by atoms with E-state index >= 15 is 0 Å². The van der Waals surface area contributed by atoms with Crippen LogP contribution in [0.25, 0.3) is 10.9 Å². The van der Waals surface area contributed by atoms with Crippen molar-refractivity contribution in [2.45, 2.75) is 63.8 Å². The minimum atomic E-state index is -0.412. The molecule has 5 nitrogen and oxygen atoms in total. The first-order chi connectivity index (χ1) is 13.2. The first-order valence-corrected chi connectivity index (χ1v) is 10.1. The molecule has 1 fully saturated rings. The molecule has 2 aliphatic carbocycles. The molecule has 1 heterocycles. The quantitative estimate of drug-likeness (QED) is 0.838. The highest BCUT2D eigenvalue weighted by Crippen LogP contribution is 2.29. The summed E-state index contributed by atoms with van der Waals surface area (Å²) in [7, 11) is 0. The lowest BCUT2D eigenvalue weighted by atomic mass is 9.90. The van der Waals surface area contributed by atoms with E-state index in [4.69, 9.17) is 9.72 Å². The minimum Gasteiger partial charge on any atom is -0.452 e. The Labute approximate surface area is 159 Å². The first-order valence-electron chi connectivity index (χ1n) is 10.1. The topological polar surface area (TPSA) is 68.3 Å². The van der Waals surface area contributed by atoms with Gasteiger partial charge in [-0.25, -0.2) is 4.79 Å². The van der Waals surface area contributed by atoms with Gasteiger partial charge in [0.25, 0.3) is 5.91 Å². The maximum Gasteiger partial charge on any atom is 0.339 e. The average Bonchev–Trinajstić information content (AvgIpc) is 2.71. The van der Waals surface area contributed by atoms with E-state index in [2.05, 4.69) is 5.32 Å². The van der Waals surface area contributed by atoms with Gasteiger partial charge in [-0.15, -0.1) is 0 Å². The van der Waals surface area contributed by atoms with Gasteiger partial charge in [0, 0.05) is 17.1 Å². The molecule has 0 saturated heterocycles. The third-order valence-electron chi connectivity index (χ3n) is 5.68. The minimum absolute atomic E-state index is 0.206. The van der Waals surface area contributed by atoms with Crippen molar-refractivity contribution in [2.24, 2.45) is 0 Å². The number of esters is 1. The number of para-hydroxylation sites is 1. The maximum absolute atomic E-state index is 12.9. The Morgan fingerprint density at radius 2 is 1.81 bits per heavy atom. The molecule has 27 heavy (non-hydrogen) atoms. The third-order valence-corrected chi connectivity index (χ3v) is 5.68. The van der Waals surface area contributed by atoms with Crippen LogP contribution in [0, 0.1) is 0 Å². The third kappa shape index (κ3) is 3.97. The van der Waals surface area contributed by atoms with Crippen LogP contribution in [-0.2, 0) is 22.4 Å². The molecule has 142 valence electrons. The maximum atomic E-state index is 12.9. The number of carbonyl (C=O) groups excluding carboxylic acids is 2. The molecule has 5 heteroatoms. The second-order valence-corrected chi connectivity index (χ2v) is 7.61. The lowest BCUT2D eigenvalue weighted by molar-refractivity contribution is -0.125. The highest BCUT2D eigenvalue weighted by Gasteiger charge is 2.24. The number of benzene rings is 1. The van der Waals surface area contributed by atoms with E-state index in [0.29, 0.717) is 5.56 Å². The van der Waals surface area contributed by atoms with Crippen LogP contribution in [0.3, 0.4) is 0 Å². The molecule has 0 atom stereocenters. The number of hydrogen-bond acceptors (Lipinski definition) is 4. The molecular formula is C22H26N2O3. The molecule has 4 rings (SSSR count). The molecule has 0 aliphatic heterocycles. The van der Waals surface area contributed by atoms with Crippen LogP contribution < -0.4 is 5.32 Å². The highest BCUT2D eigenvalue weighted by atomic mass is 16.5. The number of aromatic nitrogens is 1. The van der Waals surface area contributed by atoms with Crippen molar-refractivity contribution in [3.05, 3.63) is 41.1 Å². The number of fused-ring (bicyclic) bond motifs is 2. The van der Waals surface area contributed by atoms with Gasteiger partial charge in [0.1, 0.15) is 0 Å². The summed E-state index contributed by atoms with van der Waals surface area (Å²) >= 11 is 0. The van der Waals surface area contributed by atoms with Gasteiger partial charge < -0.3 is 10.1 Å². The molecule has 1 amide bonds. The zero-order valence-electron chi connectivity index (χ0n) is 15.6. The van der Waals surface area contributed by atoms with Crippen LogP contribution in [0.15, 0.2) is 24.3 Å². The number of amides is 1. The Morgan fingerprint density at radius 3 is 2.67 bits per heavy atom. The van der Waals surface area contributed by atoms with Gasteiger partial charge in [-0.3, -0.25) is 9.78 Å². The summed E-state index contributed by atoms with van der Waals surface area (Å²) in [5.74, 6) is -0.618. The lowest BCUT2D eigenvalue weighted by Crippen LogP contribution is -2.38. The fraction of sp³-hybridized carbons (Fsp3) is 0.500. The fourth-order valence-electron chi connectivity index (χ4n) is 4.33. The number of nitrogens with one attached hydrogen (secondary N) is 1. The van der Waals surface area contributed by atoms with Gasteiger partial charge in [0.05, 0.1) is 11.1 Å². The second kappa shape index (κ2) is 8.07. The number of ether oxygens (including phenoxy) is 1.